The van der Waals surface area contributed by atoms with E-state index in [1.807, 2.05) is 6.07 Å². The lowest BCUT2D eigenvalue weighted by molar-refractivity contribution is -0.384. The van der Waals surface area contributed by atoms with E-state index in [4.69, 9.17) is 27.6 Å². The maximum atomic E-state index is 12.4. The molecule has 2 aromatic carbocycles. The predicted octanol–water partition coefficient (Wildman–Crippen LogP) is 6.11. The number of benzene rings is 2. The van der Waals surface area contributed by atoms with Crippen LogP contribution >= 0.6 is 34.5 Å². The number of fused-ring (bicyclic) bond motifs is 1. The predicted molar refractivity (Wildman–Crippen MR) is 124 cm³/mol. The molecule has 0 aliphatic heterocycles. The summed E-state index contributed by atoms with van der Waals surface area (Å²) in [6.07, 6.45) is 1.45. The number of non-ortho nitro benzene ring substituents is 1. The highest BCUT2D eigenvalue weighted by Gasteiger charge is 2.15. The lowest BCUT2D eigenvalue weighted by Crippen LogP contribution is -2.03. The van der Waals surface area contributed by atoms with E-state index in [1.54, 1.807) is 23.6 Å². The Labute approximate surface area is 194 Å². The van der Waals surface area contributed by atoms with E-state index < -0.39 is 10.5 Å². The smallest absolute Gasteiger partial charge is 0.345 e. The second kappa shape index (κ2) is 8.80. The molecule has 0 amide bonds. The maximum Gasteiger partial charge on any atom is 0.345 e. The zero-order chi connectivity index (χ0) is 22.8. The van der Waals surface area contributed by atoms with Gasteiger partial charge in [0.25, 0.3) is 5.69 Å². The van der Waals surface area contributed by atoms with Crippen molar-refractivity contribution in [2.45, 2.75) is 0 Å². The number of nitrogens with one attached hydrogen (secondary N) is 1. The van der Waals surface area contributed by atoms with Crippen molar-refractivity contribution in [3.63, 3.8) is 0 Å². The highest BCUT2D eigenvalue weighted by Crippen LogP contribution is 2.29. The van der Waals surface area contributed by atoms with Crippen LogP contribution in [0.15, 0.2) is 63.3 Å². The number of halogens is 2. The van der Waals surface area contributed by atoms with Crippen LogP contribution in [-0.4, -0.2) is 9.91 Å². The number of rotatable bonds is 5. The van der Waals surface area contributed by atoms with Crippen LogP contribution in [0.2, 0.25) is 10.0 Å². The van der Waals surface area contributed by atoms with Crippen LogP contribution in [0.5, 0.6) is 0 Å². The van der Waals surface area contributed by atoms with E-state index in [1.165, 1.54) is 30.5 Å². The van der Waals surface area contributed by atoms with Crippen LogP contribution in [0.4, 0.5) is 11.4 Å². The minimum atomic E-state index is -0.642. The average molecular weight is 485 g/mol. The fourth-order valence-corrected chi connectivity index (χ4v) is 4.07. The van der Waals surface area contributed by atoms with Gasteiger partial charge in [0.1, 0.15) is 22.2 Å². The molecule has 0 bridgehead atoms. The number of nitro benzene ring substituents is 1. The maximum absolute atomic E-state index is 12.4. The molecule has 2 aromatic heterocycles. The number of nitrogens with zero attached hydrogens (tertiary/aromatic N) is 3. The first-order chi connectivity index (χ1) is 15.4. The van der Waals surface area contributed by atoms with E-state index in [2.05, 4.69) is 10.3 Å². The Morgan fingerprint density at radius 3 is 2.78 bits per heavy atom. The molecule has 4 aromatic rings. The SMILES string of the molecule is N#CC(=CNc1ccc(Cl)cc1Cl)c1nc(-c2cc3cc([N+](=O)[O-])ccc3oc2=O)cs1. The van der Waals surface area contributed by atoms with Gasteiger partial charge in [-0.25, -0.2) is 9.78 Å². The van der Waals surface area contributed by atoms with Gasteiger partial charge in [-0.1, -0.05) is 23.2 Å². The van der Waals surface area contributed by atoms with E-state index in [0.29, 0.717) is 26.1 Å². The van der Waals surface area contributed by atoms with Crippen molar-refractivity contribution in [2.75, 3.05) is 5.32 Å². The largest absolute Gasteiger partial charge is 0.422 e. The van der Waals surface area contributed by atoms with E-state index in [9.17, 15) is 20.2 Å². The number of allylic oxidation sites excluding steroid dienone is 1. The summed E-state index contributed by atoms with van der Waals surface area (Å²) in [7, 11) is 0. The van der Waals surface area contributed by atoms with Gasteiger partial charge in [-0.15, -0.1) is 11.3 Å². The monoisotopic (exact) mass is 484 g/mol. The van der Waals surface area contributed by atoms with Crippen molar-refractivity contribution >= 4 is 62.5 Å². The van der Waals surface area contributed by atoms with Crippen molar-refractivity contribution in [3.8, 4) is 17.3 Å². The first kappa shape index (κ1) is 21.5. The van der Waals surface area contributed by atoms with E-state index in [0.717, 1.165) is 11.3 Å². The van der Waals surface area contributed by atoms with Gasteiger partial charge in [0.2, 0.25) is 0 Å². The van der Waals surface area contributed by atoms with Gasteiger partial charge in [-0.3, -0.25) is 10.1 Å². The summed E-state index contributed by atoms with van der Waals surface area (Å²) in [6, 6.07) is 12.4. The van der Waals surface area contributed by atoms with Crippen LogP contribution in [0.25, 0.3) is 27.8 Å². The Morgan fingerprint density at radius 1 is 1.25 bits per heavy atom. The highest BCUT2D eigenvalue weighted by atomic mass is 35.5. The third-order valence-electron chi connectivity index (χ3n) is 4.36. The molecule has 1 N–H and O–H groups in total. The number of thiazole rings is 1. The Hall–Kier alpha value is -3.71. The summed E-state index contributed by atoms with van der Waals surface area (Å²) in [4.78, 5) is 27.3. The van der Waals surface area contributed by atoms with Crippen molar-refractivity contribution in [2.24, 2.45) is 0 Å². The topological polar surface area (TPSA) is 122 Å². The number of aromatic nitrogens is 1. The van der Waals surface area contributed by atoms with Gasteiger partial charge < -0.3 is 9.73 Å². The minimum Gasteiger partial charge on any atom is -0.422 e. The van der Waals surface area contributed by atoms with Crippen molar-refractivity contribution < 1.29 is 9.34 Å². The van der Waals surface area contributed by atoms with Crippen LogP contribution in [0.3, 0.4) is 0 Å². The van der Waals surface area contributed by atoms with Crippen LogP contribution in [0, 0.1) is 21.4 Å². The summed E-state index contributed by atoms with van der Waals surface area (Å²) in [5.74, 6) is 0. The van der Waals surface area contributed by atoms with Crippen LogP contribution < -0.4 is 10.9 Å². The van der Waals surface area contributed by atoms with Crippen molar-refractivity contribution in [1.29, 1.82) is 5.26 Å². The van der Waals surface area contributed by atoms with Crippen molar-refractivity contribution in [1.82, 2.24) is 4.98 Å². The number of anilines is 1. The molecule has 158 valence electrons. The standard InChI is InChI=1S/C21H10Cl2N4O4S/c22-13-1-3-17(16(23)7-13)25-9-12(8-24)20-26-18(10-32-20)15-6-11-5-14(27(29)30)2-4-19(11)31-21(15)28/h1-7,9-10,25H. The molecule has 0 saturated heterocycles. The summed E-state index contributed by atoms with van der Waals surface area (Å²) in [6.45, 7) is 0. The van der Waals surface area contributed by atoms with Gasteiger partial charge in [-0.2, -0.15) is 5.26 Å². The van der Waals surface area contributed by atoms with Gasteiger partial charge in [-0.05, 0) is 30.3 Å². The van der Waals surface area contributed by atoms with Gasteiger partial charge >= 0.3 is 5.63 Å². The second-order valence-electron chi connectivity index (χ2n) is 6.40. The molecule has 8 nitrogen and oxygen atoms in total. The zero-order valence-corrected chi connectivity index (χ0v) is 18.2. The fourth-order valence-electron chi connectivity index (χ4n) is 2.82. The molecule has 0 unspecified atom stereocenters. The molecular formula is C21H10Cl2N4O4S. The third-order valence-corrected chi connectivity index (χ3v) is 5.78. The van der Waals surface area contributed by atoms with Gasteiger partial charge in [0, 0.05) is 34.1 Å². The first-order valence-electron chi connectivity index (χ1n) is 8.86. The summed E-state index contributed by atoms with van der Waals surface area (Å²) in [5.41, 5.74) is 0.644. The molecule has 0 aliphatic carbocycles. The molecule has 2 heterocycles. The quantitative estimate of drug-likeness (QED) is 0.157. The molecule has 0 saturated carbocycles. The molecule has 4 rings (SSSR count). The normalized spacial score (nSPS) is 11.3. The summed E-state index contributed by atoms with van der Waals surface area (Å²) < 4.78 is 5.28. The number of nitro groups is 1. The Bertz CT molecular complexity index is 1500. The minimum absolute atomic E-state index is 0.127. The van der Waals surface area contributed by atoms with Gasteiger partial charge in [0.05, 0.1) is 26.9 Å². The number of hydrogen-bond donors (Lipinski definition) is 1. The number of hydrogen-bond acceptors (Lipinski definition) is 8. The van der Waals surface area contributed by atoms with E-state index >= 15 is 0 Å². The molecular weight excluding hydrogens is 475 g/mol. The molecule has 0 atom stereocenters. The average Bonchev–Trinajstić information content (AvgIpc) is 3.24. The first-order valence-corrected chi connectivity index (χ1v) is 10.5. The van der Waals surface area contributed by atoms with Crippen molar-refractivity contribution in [3.05, 3.63) is 89.6 Å². The Balaban J connectivity index is 1.68. The fraction of sp³-hybridized carbons (Fsp3) is 0. The molecule has 0 fully saturated rings. The summed E-state index contributed by atoms with van der Waals surface area (Å²) in [5, 5.41) is 26.7. The van der Waals surface area contributed by atoms with E-state index in [-0.39, 0.29) is 28.1 Å². The molecule has 11 heteroatoms. The molecule has 0 radical (unpaired) electrons. The molecule has 32 heavy (non-hydrogen) atoms. The zero-order valence-electron chi connectivity index (χ0n) is 15.8. The molecule has 0 spiro atoms. The number of nitriles is 1. The Kier molecular flexibility index (Phi) is 5.92. The second-order valence-corrected chi connectivity index (χ2v) is 8.10. The lowest BCUT2D eigenvalue weighted by atomic mass is 10.1. The van der Waals surface area contributed by atoms with Crippen LogP contribution in [0.1, 0.15) is 5.01 Å². The summed E-state index contributed by atoms with van der Waals surface area (Å²) >= 11 is 13.2. The van der Waals surface area contributed by atoms with Gasteiger partial charge in [0.15, 0.2) is 0 Å². The lowest BCUT2D eigenvalue weighted by Gasteiger charge is -2.04. The van der Waals surface area contributed by atoms with Crippen LogP contribution in [-0.2, 0) is 0 Å². The Morgan fingerprint density at radius 2 is 2.06 bits per heavy atom. The highest BCUT2D eigenvalue weighted by molar-refractivity contribution is 7.11. The molecule has 0 aliphatic rings. The third kappa shape index (κ3) is 4.33.